The first-order valence-electron chi connectivity index (χ1n) is 6.38. The first-order valence-corrected chi connectivity index (χ1v) is 6.38. The summed E-state index contributed by atoms with van der Waals surface area (Å²) in [6.45, 7) is 0. The molecule has 5 nitrogen and oxygen atoms in total. The number of nitrogens with one attached hydrogen (secondary N) is 1. The maximum atomic E-state index is 9.04. The average Bonchev–Trinajstić information content (AvgIpc) is 2.55. The van der Waals surface area contributed by atoms with E-state index < -0.39 is 0 Å². The molecule has 0 saturated carbocycles. The number of hydrogen-bond donors (Lipinski definition) is 1. The SMILES string of the molecule is COc1ccc(Nc2nc(C#N)nc3ccccc23)cc1. The maximum Gasteiger partial charge on any atom is 0.234 e. The molecule has 21 heavy (non-hydrogen) atoms. The minimum Gasteiger partial charge on any atom is -0.497 e. The normalized spacial score (nSPS) is 10.1. The van der Waals surface area contributed by atoms with Gasteiger partial charge < -0.3 is 10.1 Å². The van der Waals surface area contributed by atoms with Crippen LogP contribution in [0.2, 0.25) is 0 Å². The monoisotopic (exact) mass is 276 g/mol. The van der Waals surface area contributed by atoms with Crippen LogP contribution in [0.4, 0.5) is 11.5 Å². The zero-order valence-corrected chi connectivity index (χ0v) is 11.4. The summed E-state index contributed by atoms with van der Waals surface area (Å²) in [5.74, 6) is 1.54. The van der Waals surface area contributed by atoms with Crippen LogP contribution in [0.5, 0.6) is 5.75 Å². The molecular weight excluding hydrogens is 264 g/mol. The molecule has 2 aromatic carbocycles. The van der Waals surface area contributed by atoms with Gasteiger partial charge in [0.2, 0.25) is 5.82 Å². The lowest BCUT2D eigenvalue weighted by Gasteiger charge is -2.09. The molecule has 102 valence electrons. The van der Waals surface area contributed by atoms with Crippen LogP contribution in [-0.4, -0.2) is 17.1 Å². The van der Waals surface area contributed by atoms with Gasteiger partial charge in [-0.15, -0.1) is 0 Å². The minimum absolute atomic E-state index is 0.143. The highest BCUT2D eigenvalue weighted by Crippen LogP contribution is 2.24. The van der Waals surface area contributed by atoms with Crippen LogP contribution >= 0.6 is 0 Å². The molecule has 0 aliphatic rings. The molecule has 1 aromatic heterocycles. The molecule has 3 aromatic rings. The number of ether oxygens (including phenoxy) is 1. The molecule has 1 heterocycles. The van der Waals surface area contributed by atoms with Crippen LogP contribution in [-0.2, 0) is 0 Å². The van der Waals surface area contributed by atoms with Gasteiger partial charge >= 0.3 is 0 Å². The lowest BCUT2D eigenvalue weighted by Crippen LogP contribution is -1.99. The Morgan fingerprint density at radius 2 is 1.81 bits per heavy atom. The molecule has 0 atom stereocenters. The molecule has 0 spiro atoms. The third-order valence-corrected chi connectivity index (χ3v) is 3.06. The number of para-hydroxylation sites is 1. The second-order valence-corrected chi connectivity index (χ2v) is 4.38. The van der Waals surface area contributed by atoms with E-state index in [-0.39, 0.29) is 5.82 Å². The fourth-order valence-electron chi connectivity index (χ4n) is 2.03. The Labute approximate surface area is 121 Å². The highest BCUT2D eigenvalue weighted by molar-refractivity contribution is 5.90. The topological polar surface area (TPSA) is 70.8 Å². The zero-order chi connectivity index (χ0) is 14.7. The summed E-state index contributed by atoms with van der Waals surface area (Å²) < 4.78 is 5.13. The summed E-state index contributed by atoms with van der Waals surface area (Å²) in [7, 11) is 1.62. The molecule has 0 amide bonds. The molecule has 5 heteroatoms. The van der Waals surface area contributed by atoms with E-state index in [0.717, 1.165) is 22.3 Å². The third kappa shape index (κ3) is 2.60. The quantitative estimate of drug-likeness (QED) is 0.795. The second kappa shape index (κ2) is 5.47. The van der Waals surface area contributed by atoms with Crippen LogP contribution in [0.15, 0.2) is 48.5 Å². The summed E-state index contributed by atoms with van der Waals surface area (Å²) in [4.78, 5) is 8.43. The van der Waals surface area contributed by atoms with Crippen molar-refractivity contribution in [3.8, 4) is 11.8 Å². The van der Waals surface area contributed by atoms with Gasteiger partial charge in [-0.25, -0.2) is 9.97 Å². The smallest absolute Gasteiger partial charge is 0.234 e. The van der Waals surface area contributed by atoms with Gasteiger partial charge in [-0.05, 0) is 36.4 Å². The van der Waals surface area contributed by atoms with Crippen molar-refractivity contribution in [2.45, 2.75) is 0 Å². The van der Waals surface area contributed by atoms with Crippen LogP contribution < -0.4 is 10.1 Å². The van der Waals surface area contributed by atoms with Gasteiger partial charge in [0.15, 0.2) is 0 Å². The Balaban J connectivity index is 2.04. The van der Waals surface area contributed by atoms with Crippen LogP contribution in [0.3, 0.4) is 0 Å². The Hall–Kier alpha value is -3.13. The Kier molecular flexibility index (Phi) is 3.36. The molecule has 0 fully saturated rings. The number of methoxy groups -OCH3 is 1. The number of rotatable bonds is 3. The summed E-state index contributed by atoms with van der Waals surface area (Å²) in [5, 5.41) is 13.1. The van der Waals surface area contributed by atoms with Crippen molar-refractivity contribution in [3.63, 3.8) is 0 Å². The second-order valence-electron chi connectivity index (χ2n) is 4.38. The molecule has 0 aliphatic heterocycles. The minimum atomic E-state index is 0.143. The number of fused-ring (bicyclic) bond motifs is 1. The highest BCUT2D eigenvalue weighted by Gasteiger charge is 2.07. The van der Waals surface area contributed by atoms with E-state index >= 15 is 0 Å². The molecule has 3 rings (SSSR count). The molecular formula is C16H12N4O. The summed E-state index contributed by atoms with van der Waals surface area (Å²) >= 11 is 0. The van der Waals surface area contributed by atoms with E-state index in [9.17, 15) is 0 Å². The Bertz CT molecular complexity index is 822. The molecule has 0 aliphatic carbocycles. The average molecular weight is 276 g/mol. The molecule has 0 unspecified atom stereocenters. The fourth-order valence-corrected chi connectivity index (χ4v) is 2.03. The van der Waals surface area contributed by atoms with Crippen molar-refractivity contribution in [2.75, 3.05) is 12.4 Å². The van der Waals surface area contributed by atoms with Gasteiger partial charge in [-0.2, -0.15) is 5.26 Å². The Morgan fingerprint density at radius 3 is 2.52 bits per heavy atom. The number of nitrogens with zero attached hydrogens (tertiary/aromatic N) is 3. The van der Waals surface area contributed by atoms with E-state index in [2.05, 4.69) is 15.3 Å². The zero-order valence-electron chi connectivity index (χ0n) is 11.4. The van der Waals surface area contributed by atoms with Gasteiger partial charge in [-0.1, -0.05) is 12.1 Å². The van der Waals surface area contributed by atoms with Gasteiger partial charge in [-0.3, -0.25) is 0 Å². The van der Waals surface area contributed by atoms with Crippen LogP contribution in [0, 0.1) is 11.3 Å². The van der Waals surface area contributed by atoms with Gasteiger partial charge in [0.1, 0.15) is 17.6 Å². The lowest BCUT2D eigenvalue weighted by molar-refractivity contribution is 0.415. The number of benzene rings is 2. The molecule has 1 N–H and O–H groups in total. The van der Waals surface area contributed by atoms with Crippen molar-refractivity contribution in [1.82, 2.24) is 9.97 Å². The molecule has 0 saturated heterocycles. The van der Waals surface area contributed by atoms with Crippen molar-refractivity contribution in [2.24, 2.45) is 0 Å². The number of anilines is 2. The van der Waals surface area contributed by atoms with Gasteiger partial charge in [0.05, 0.1) is 12.6 Å². The number of nitriles is 1. The van der Waals surface area contributed by atoms with Crippen LogP contribution in [0.1, 0.15) is 5.82 Å². The van der Waals surface area contributed by atoms with Crippen LogP contribution in [0.25, 0.3) is 10.9 Å². The summed E-state index contributed by atoms with van der Waals surface area (Å²) in [5.41, 5.74) is 1.60. The van der Waals surface area contributed by atoms with Crippen molar-refractivity contribution < 1.29 is 4.74 Å². The van der Waals surface area contributed by atoms with E-state index in [1.807, 2.05) is 54.6 Å². The first kappa shape index (κ1) is 12.9. The summed E-state index contributed by atoms with van der Waals surface area (Å²) in [6.07, 6.45) is 0. The van der Waals surface area contributed by atoms with E-state index in [4.69, 9.17) is 10.00 Å². The van der Waals surface area contributed by atoms with Gasteiger partial charge in [0, 0.05) is 11.1 Å². The Morgan fingerprint density at radius 1 is 1.05 bits per heavy atom. The number of hydrogen-bond acceptors (Lipinski definition) is 5. The third-order valence-electron chi connectivity index (χ3n) is 3.06. The fraction of sp³-hybridized carbons (Fsp3) is 0.0625. The predicted octanol–water partition coefficient (Wildman–Crippen LogP) is 3.25. The standard InChI is InChI=1S/C16H12N4O/c1-21-12-8-6-11(7-9-12)18-16-13-4-2-3-5-14(13)19-15(10-17)20-16/h2-9H,1H3,(H,18,19,20). The van der Waals surface area contributed by atoms with Crippen molar-refractivity contribution in [1.29, 1.82) is 5.26 Å². The van der Waals surface area contributed by atoms with E-state index in [0.29, 0.717) is 5.82 Å². The molecule has 0 radical (unpaired) electrons. The van der Waals surface area contributed by atoms with Crippen molar-refractivity contribution >= 4 is 22.4 Å². The number of aromatic nitrogens is 2. The molecule has 0 bridgehead atoms. The highest BCUT2D eigenvalue weighted by atomic mass is 16.5. The first-order chi connectivity index (χ1) is 10.3. The predicted molar refractivity (Wildman–Crippen MR) is 80.5 cm³/mol. The van der Waals surface area contributed by atoms with Gasteiger partial charge in [0.25, 0.3) is 0 Å². The summed E-state index contributed by atoms with van der Waals surface area (Å²) in [6, 6.07) is 17.1. The van der Waals surface area contributed by atoms with Crippen molar-refractivity contribution in [3.05, 3.63) is 54.4 Å². The lowest BCUT2D eigenvalue weighted by atomic mass is 10.2. The van der Waals surface area contributed by atoms with E-state index in [1.54, 1.807) is 7.11 Å². The van der Waals surface area contributed by atoms with E-state index in [1.165, 1.54) is 0 Å². The largest absolute Gasteiger partial charge is 0.497 e. The maximum absolute atomic E-state index is 9.04.